The summed E-state index contributed by atoms with van der Waals surface area (Å²) in [6.45, 7) is 1.35. The zero-order chi connectivity index (χ0) is 13.4. The van der Waals surface area contributed by atoms with Crippen LogP contribution in [0.2, 0.25) is 0 Å². The van der Waals surface area contributed by atoms with E-state index in [1.165, 1.54) is 17.5 Å². The molecule has 0 aliphatic rings. The number of hydrogen-bond donors (Lipinski definition) is 1. The Morgan fingerprint density at radius 1 is 1.28 bits per heavy atom. The zero-order valence-electron chi connectivity index (χ0n) is 9.44. The Balaban J connectivity index is 2.55. The molecular weight excluding hydrogens is 278 g/mol. The first-order chi connectivity index (χ1) is 8.36. The van der Waals surface area contributed by atoms with Crippen molar-refractivity contribution in [1.29, 1.82) is 0 Å². The van der Waals surface area contributed by atoms with Gasteiger partial charge < -0.3 is 0 Å². The molecule has 1 N–H and O–H groups in total. The Bertz CT molecular complexity index is 777. The molecule has 0 spiro atoms. The lowest BCUT2D eigenvalue weighted by atomic mass is 10.5. The van der Waals surface area contributed by atoms with E-state index in [9.17, 15) is 16.8 Å². The largest absolute Gasteiger partial charge is 0.289 e. The number of nitrogens with one attached hydrogen (secondary N) is 1. The number of imidazole rings is 1. The highest BCUT2D eigenvalue weighted by atomic mass is 32.3. The van der Waals surface area contributed by atoms with Gasteiger partial charge in [0.25, 0.3) is 10.0 Å². The van der Waals surface area contributed by atoms with Gasteiger partial charge in [-0.25, -0.2) is 21.8 Å². The van der Waals surface area contributed by atoms with Crippen LogP contribution in [0.25, 0.3) is 5.65 Å². The van der Waals surface area contributed by atoms with E-state index in [1.54, 1.807) is 22.3 Å². The highest BCUT2D eigenvalue weighted by Gasteiger charge is 2.24. The zero-order valence-corrected chi connectivity index (χ0v) is 11.1. The molecule has 0 radical (unpaired) electrons. The van der Waals surface area contributed by atoms with Crippen LogP contribution in [0.3, 0.4) is 0 Å². The van der Waals surface area contributed by atoms with E-state index in [0.717, 1.165) is 6.20 Å². The van der Waals surface area contributed by atoms with Gasteiger partial charge in [-0.05, 0) is 19.1 Å². The summed E-state index contributed by atoms with van der Waals surface area (Å²) in [6, 6.07) is 4.95. The first-order valence-electron chi connectivity index (χ1n) is 5.04. The highest BCUT2D eigenvalue weighted by Crippen LogP contribution is 2.12. The van der Waals surface area contributed by atoms with Crippen LogP contribution in [-0.2, 0) is 20.0 Å². The molecule has 0 unspecified atom stereocenters. The van der Waals surface area contributed by atoms with Crippen molar-refractivity contribution >= 4 is 25.7 Å². The van der Waals surface area contributed by atoms with Crippen molar-refractivity contribution < 1.29 is 16.8 Å². The Morgan fingerprint density at radius 2 is 2.00 bits per heavy atom. The third kappa shape index (κ3) is 2.37. The lowest BCUT2D eigenvalue weighted by Gasteiger charge is -2.05. The second kappa shape index (κ2) is 4.34. The number of hydrogen-bond acceptors (Lipinski definition) is 5. The van der Waals surface area contributed by atoms with Gasteiger partial charge >= 0.3 is 0 Å². The van der Waals surface area contributed by atoms with Crippen LogP contribution in [0.1, 0.15) is 6.92 Å². The fourth-order valence-corrected chi connectivity index (χ4v) is 4.13. The minimum Gasteiger partial charge on any atom is -0.289 e. The molecule has 9 heteroatoms. The molecule has 0 bridgehead atoms. The first kappa shape index (κ1) is 13.0. The van der Waals surface area contributed by atoms with E-state index in [-0.39, 0.29) is 10.8 Å². The molecule has 2 rings (SSSR count). The fraction of sp³-hybridized carbons (Fsp3) is 0.222. The fourth-order valence-electron chi connectivity index (χ4n) is 1.38. The number of fused-ring (bicyclic) bond motifs is 1. The average molecular weight is 289 g/mol. The normalized spacial score (nSPS) is 12.9. The van der Waals surface area contributed by atoms with Gasteiger partial charge in [-0.15, -0.1) is 4.13 Å². The Kier molecular flexibility index (Phi) is 3.13. The summed E-state index contributed by atoms with van der Waals surface area (Å²) in [7, 11) is -8.00. The van der Waals surface area contributed by atoms with Crippen LogP contribution in [-0.4, -0.2) is 32.0 Å². The van der Waals surface area contributed by atoms with Gasteiger partial charge in [0.1, 0.15) is 5.65 Å². The molecule has 0 aliphatic heterocycles. The lowest BCUT2D eigenvalue weighted by Crippen LogP contribution is -2.32. The molecule has 2 heterocycles. The van der Waals surface area contributed by atoms with Gasteiger partial charge in [-0.1, -0.05) is 6.07 Å². The summed E-state index contributed by atoms with van der Waals surface area (Å²) in [6.07, 6.45) is 2.61. The molecule has 2 aromatic rings. The van der Waals surface area contributed by atoms with Gasteiger partial charge in [-0.2, -0.15) is 0 Å². The van der Waals surface area contributed by atoms with E-state index < -0.39 is 20.0 Å². The number of nitrogens with zero attached hydrogens (tertiary/aromatic N) is 2. The smallest absolute Gasteiger partial charge is 0.271 e. The van der Waals surface area contributed by atoms with E-state index >= 15 is 0 Å². The van der Waals surface area contributed by atoms with Crippen molar-refractivity contribution in [3.05, 3.63) is 30.6 Å². The maximum absolute atomic E-state index is 11.9. The third-order valence-electron chi connectivity index (χ3n) is 2.28. The summed E-state index contributed by atoms with van der Waals surface area (Å²) in [5.74, 6) is -0.317. The molecule has 7 nitrogen and oxygen atoms in total. The van der Waals surface area contributed by atoms with Crippen molar-refractivity contribution in [2.24, 2.45) is 0 Å². The van der Waals surface area contributed by atoms with Crippen LogP contribution in [0.15, 0.2) is 35.6 Å². The van der Waals surface area contributed by atoms with Crippen LogP contribution in [0.5, 0.6) is 0 Å². The standard InChI is InChI=1S/C9H11N3O4S2/c1-2-17(13,14)11-18(15,16)9-7-10-8-5-3-4-6-12(8)9/h3-7,11H,2H2,1H3. The molecular formula is C9H11N3O4S2. The summed E-state index contributed by atoms with van der Waals surface area (Å²) in [4.78, 5) is 3.89. The lowest BCUT2D eigenvalue weighted by molar-refractivity contribution is 0.574. The molecule has 98 valence electrons. The molecule has 0 aromatic carbocycles. The quantitative estimate of drug-likeness (QED) is 0.852. The average Bonchev–Trinajstić information content (AvgIpc) is 2.72. The van der Waals surface area contributed by atoms with Crippen LogP contribution >= 0.6 is 0 Å². The number of rotatable bonds is 4. The third-order valence-corrected chi connectivity index (χ3v) is 5.78. The Morgan fingerprint density at radius 3 is 2.67 bits per heavy atom. The summed E-state index contributed by atoms with van der Waals surface area (Å²) < 4.78 is 49.5. The number of aromatic nitrogens is 2. The molecule has 0 atom stereocenters. The molecule has 0 aliphatic carbocycles. The molecule has 0 saturated carbocycles. The van der Waals surface area contributed by atoms with Crippen LogP contribution in [0.4, 0.5) is 0 Å². The minimum absolute atomic E-state index is 0.213. The topological polar surface area (TPSA) is 97.6 Å². The monoisotopic (exact) mass is 289 g/mol. The van der Waals surface area contributed by atoms with E-state index in [2.05, 4.69) is 4.98 Å². The van der Waals surface area contributed by atoms with Gasteiger partial charge in [0.2, 0.25) is 10.0 Å². The van der Waals surface area contributed by atoms with Gasteiger partial charge in [0.15, 0.2) is 5.03 Å². The summed E-state index contributed by atoms with van der Waals surface area (Å²) in [5, 5.41) is -0.213. The van der Waals surface area contributed by atoms with Crippen LogP contribution < -0.4 is 4.13 Å². The van der Waals surface area contributed by atoms with Crippen molar-refractivity contribution in [1.82, 2.24) is 13.5 Å². The van der Waals surface area contributed by atoms with Crippen molar-refractivity contribution in [3.8, 4) is 0 Å². The predicted molar refractivity (Wildman–Crippen MR) is 65.0 cm³/mol. The van der Waals surface area contributed by atoms with Crippen LogP contribution in [0, 0.1) is 0 Å². The molecule has 0 fully saturated rings. The highest BCUT2D eigenvalue weighted by molar-refractivity contribution is 8.04. The second-order valence-electron chi connectivity index (χ2n) is 3.52. The first-order valence-corrected chi connectivity index (χ1v) is 8.17. The second-order valence-corrected chi connectivity index (χ2v) is 7.41. The summed E-state index contributed by atoms with van der Waals surface area (Å²) >= 11 is 0. The predicted octanol–water partition coefficient (Wildman–Crippen LogP) is -0.0377. The molecule has 0 saturated heterocycles. The Labute approximate surface area is 105 Å². The van der Waals surface area contributed by atoms with Gasteiger partial charge in [0, 0.05) is 6.20 Å². The minimum atomic E-state index is -4.15. The van der Waals surface area contributed by atoms with E-state index in [4.69, 9.17) is 0 Å². The maximum Gasteiger partial charge on any atom is 0.271 e. The summed E-state index contributed by atoms with van der Waals surface area (Å²) in [5.41, 5.74) is 0.423. The van der Waals surface area contributed by atoms with Gasteiger partial charge in [0.05, 0.1) is 11.9 Å². The SMILES string of the molecule is CCS(=O)(=O)NS(=O)(=O)c1cnc2ccccn12. The van der Waals surface area contributed by atoms with Crippen molar-refractivity contribution in [3.63, 3.8) is 0 Å². The Hall–Kier alpha value is -1.45. The van der Waals surface area contributed by atoms with E-state index in [0.29, 0.717) is 5.65 Å². The number of pyridine rings is 1. The molecule has 18 heavy (non-hydrogen) atoms. The van der Waals surface area contributed by atoms with Crippen molar-refractivity contribution in [2.75, 3.05) is 5.75 Å². The molecule has 2 aromatic heterocycles. The van der Waals surface area contributed by atoms with Crippen molar-refractivity contribution in [2.45, 2.75) is 11.9 Å². The maximum atomic E-state index is 11.9. The number of sulfonamides is 2. The van der Waals surface area contributed by atoms with E-state index in [1.807, 2.05) is 0 Å². The molecule has 0 amide bonds. The van der Waals surface area contributed by atoms with Gasteiger partial charge in [-0.3, -0.25) is 4.40 Å².